The van der Waals surface area contributed by atoms with Crippen molar-refractivity contribution in [2.45, 2.75) is 6.92 Å². The molecule has 1 aromatic carbocycles. The zero-order valence-electron chi connectivity index (χ0n) is 8.78. The fraction of sp³-hybridized carbons (Fsp3) is 0.100. The normalized spacial score (nSPS) is 9.62. The van der Waals surface area contributed by atoms with E-state index in [-0.39, 0.29) is 65.4 Å². The third-order valence-corrected chi connectivity index (χ3v) is 1.84. The van der Waals surface area contributed by atoms with Crippen LogP contribution in [0.3, 0.4) is 0 Å². The van der Waals surface area contributed by atoms with Crippen LogP contribution in [0.1, 0.15) is 7.12 Å². The van der Waals surface area contributed by atoms with Gasteiger partial charge in [0.1, 0.15) is 11.3 Å². The topological polar surface area (TPSA) is 33.1 Å². The number of para-hydroxylation sites is 1. The molecule has 2 rings (SSSR count). The van der Waals surface area contributed by atoms with Gasteiger partial charge in [-0.3, -0.25) is 0 Å². The number of aromatic hydroxyl groups is 1. The maximum Gasteiger partial charge on any atom is 1.00 e. The maximum absolute atomic E-state index is 9.43. The van der Waals surface area contributed by atoms with Crippen molar-refractivity contribution in [3.63, 3.8) is 0 Å². The molecule has 0 saturated carbocycles. The number of rotatable bonds is 0. The van der Waals surface area contributed by atoms with Crippen LogP contribution in [0.4, 0.5) is 0 Å². The fourth-order valence-electron chi connectivity index (χ4n) is 1.23. The quantitative estimate of drug-likeness (QED) is 0.670. The predicted molar refractivity (Wildman–Crippen MR) is 49.3 cm³/mol. The Hall–Kier alpha value is 0.235. The molecule has 2 aromatic rings. The van der Waals surface area contributed by atoms with Gasteiger partial charge in [0.2, 0.25) is 0 Å². The first-order valence-electron chi connectivity index (χ1n) is 3.83. The molecule has 1 heterocycles. The Morgan fingerprint density at radius 1 is 1.23 bits per heavy atom. The number of aryl methyl sites for hydroxylation is 1. The SMILES string of the molecule is Cc1ccc2cccc(O)c2n1.[H-].[Rb+]. The van der Waals surface area contributed by atoms with Crippen LogP contribution in [-0.2, 0) is 0 Å². The van der Waals surface area contributed by atoms with Crippen LogP contribution in [0, 0.1) is 6.92 Å². The minimum atomic E-state index is 0. The van der Waals surface area contributed by atoms with Crippen molar-refractivity contribution in [1.29, 1.82) is 0 Å². The van der Waals surface area contributed by atoms with E-state index in [0.717, 1.165) is 11.1 Å². The number of aromatic nitrogens is 1. The average molecular weight is 246 g/mol. The third-order valence-electron chi connectivity index (χ3n) is 1.84. The first kappa shape index (κ1) is 11.3. The smallest absolute Gasteiger partial charge is 1.00 e. The van der Waals surface area contributed by atoms with E-state index in [1.807, 2.05) is 31.2 Å². The number of benzene rings is 1. The molecule has 0 amide bonds. The van der Waals surface area contributed by atoms with Gasteiger partial charge < -0.3 is 6.53 Å². The van der Waals surface area contributed by atoms with E-state index in [1.54, 1.807) is 6.07 Å². The third kappa shape index (κ3) is 2.37. The van der Waals surface area contributed by atoms with Gasteiger partial charge in [-0.2, -0.15) is 0 Å². The predicted octanol–water partition coefficient (Wildman–Crippen LogP) is -0.635. The zero-order chi connectivity index (χ0) is 8.55. The van der Waals surface area contributed by atoms with Gasteiger partial charge in [0.15, 0.2) is 0 Å². The van der Waals surface area contributed by atoms with E-state index in [9.17, 15) is 5.11 Å². The van der Waals surface area contributed by atoms with Gasteiger partial charge in [-0.1, -0.05) is 18.2 Å². The molecule has 0 saturated heterocycles. The van der Waals surface area contributed by atoms with Gasteiger partial charge in [-0.15, -0.1) is 0 Å². The second-order valence-electron chi connectivity index (χ2n) is 2.80. The van der Waals surface area contributed by atoms with Gasteiger partial charge in [-0.05, 0) is 19.1 Å². The van der Waals surface area contributed by atoms with Gasteiger partial charge in [0.05, 0.1) is 0 Å². The molecular formula is C10H10NORb. The van der Waals surface area contributed by atoms with Crippen LogP contribution in [0.5, 0.6) is 5.75 Å². The van der Waals surface area contributed by atoms with Crippen molar-refractivity contribution in [2.75, 3.05) is 0 Å². The summed E-state index contributed by atoms with van der Waals surface area (Å²) in [6, 6.07) is 9.28. The molecule has 0 atom stereocenters. The van der Waals surface area contributed by atoms with Crippen LogP contribution >= 0.6 is 0 Å². The number of fused-ring (bicyclic) bond motifs is 1. The van der Waals surface area contributed by atoms with Crippen LogP contribution < -0.4 is 58.2 Å². The molecule has 0 aliphatic carbocycles. The Morgan fingerprint density at radius 2 is 2.00 bits per heavy atom. The standard InChI is InChI=1S/C10H9NO.Rb.H/c1-7-5-6-8-3-2-4-9(12)10(8)11-7;;/h2-6,12H,1H3;;/q;+1;-1. The first-order chi connectivity index (χ1) is 5.77. The Bertz CT molecular complexity index is 433. The number of phenolic OH excluding ortho intramolecular Hbond substituents is 1. The minimum absolute atomic E-state index is 0. The molecule has 13 heavy (non-hydrogen) atoms. The number of phenols is 1. The van der Waals surface area contributed by atoms with Gasteiger partial charge in [0, 0.05) is 11.1 Å². The van der Waals surface area contributed by atoms with E-state index in [0.29, 0.717) is 5.52 Å². The summed E-state index contributed by atoms with van der Waals surface area (Å²) in [4.78, 5) is 4.23. The van der Waals surface area contributed by atoms with Gasteiger partial charge in [0.25, 0.3) is 0 Å². The van der Waals surface area contributed by atoms with Crippen LogP contribution in [0.15, 0.2) is 30.3 Å². The van der Waals surface area contributed by atoms with Crippen molar-refractivity contribution in [3.8, 4) is 5.75 Å². The summed E-state index contributed by atoms with van der Waals surface area (Å²) >= 11 is 0. The molecule has 62 valence electrons. The molecule has 0 fully saturated rings. The first-order valence-corrected chi connectivity index (χ1v) is 3.83. The molecular weight excluding hydrogens is 236 g/mol. The molecule has 0 radical (unpaired) electrons. The number of hydrogen-bond acceptors (Lipinski definition) is 2. The molecule has 0 unspecified atom stereocenters. The van der Waals surface area contributed by atoms with Crippen molar-refractivity contribution < 1.29 is 64.7 Å². The van der Waals surface area contributed by atoms with E-state index in [1.165, 1.54) is 0 Å². The van der Waals surface area contributed by atoms with E-state index in [2.05, 4.69) is 4.98 Å². The summed E-state index contributed by atoms with van der Waals surface area (Å²) in [6.07, 6.45) is 0. The Balaban J connectivity index is 0.000000845. The summed E-state index contributed by atoms with van der Waals surface area (Å²) in [5.41, 5.74) is 1.60. The molecule has 0 aliphatic heterocycles. The van der Waals surface area contributed by atoms with Crippen molar-refractivity contribution in [1.82, 2.24) is 4.98 Å². The average Bonchev–Trinajstić information content (AvgIpc) is 2.07. The van der Waals surface area contributed by atoms with Gasteiger partial charge in [-0.25, -0.2) is 4.98 Å². The summed E-state index contributed by atoms with van der Waals surface area (Å²) in [6.45, 7) is 1.91. The largest absolute Gasteiger partial charge is 1.00 e. The van der Waals surface area contributed by atoms with Crippen LogP contribution in [0.25, 0.3) is 10.9 Å². The molecule has 0 spiro atoms. The molecule has 1 N–H and O–H groups in total. The van der Waals surface area contributed by atoms with Crippen molar-refractivity contribution >= 4 is 10.9 Å². The maximum atomic E-state index is 9.43. The van der Waals surface area contributed by atoms with Crippen LogP contribution in [-0.4, -0.2) is 10.1 Å². The number of nitrogens with zero attached hydrogens (tertiary/aromatic N) is 1. The van der Waals surface area contributed by atoms with Crippen molar-refractivity contribution in [3.05, 3.63) is 36.0 Å². The van der Waals surface area contributed by atoms with Crippen LogP contribution in [0.2, 0.25) is 0 Å². The molecule has 2 nitrogen and oxygen atoms in total. The van der Waals surface area contributed by atoms with Gasteiger partial charge >= 0.3 is 58.2 Å². The van der Waals surface area contributed by atoms with E-state index in [4.69, 9.17) is 0 Å². The Morgan fingerprint density at radius 3 is 2.77 bits per heavy atom. The minimum Gasteiger partial charge on any atom is -1.00 e. The van der Waals surface area contributed by atoms with E-state index < -0.39 is 0 Å². The fourth-order valence-corrected chi connectivity index (χ4v) is 1.23. The molecule has 1 aromatic heterocycles. The molecule has 3 heteroatoms. The Kier molecular flexibility index (Phi) is 4.04. The summed E-state index contributed by atoms with van der Waals surface area (Å²) in [5.74, 6) is 0.246. The second-order valence-corrected chi connectivity index (χ2v) is 2.80. The molecule has 0 bridgehead atoms. The molecule has 0 aliphatic rings. The zero-order valence-corrected chi connectivity index (χ0v) is 12.7. The monoisotopic (exact) mass is 245 g/mol. The number of hydrogen-bond donors (Lipinski definition) is 1. The summed E-state index contributed by atoms with van der Waals surface area (Å²) in [7, 11) is 0. The number of pyridine rings is 1. The van der Waals surface area contributed by atoms with Crippen molar-refractivity contribution in [2.24, 2.45) is 0 Å². The summed E-state index contributed by atoms with van der Waals surface area (Å²) in [5, 5.41) is 10.4. The Labute approximate surface area is 127 Å². The van der Waals surface area contributed by atoms with E-state index >= 15 is 0 Å². The second kappa shape index (κ2) is 4.64. The summed E-state index contributed by atoms with van der Waals surface area (Å²) < 4.78 is 0.